The van der Waals surface area contributed by atoms with Gasteiger partial charge in [-0.2, -0.15) is 0 Å². The highest BCUT2D eigenvalue weighted by Gasteiger charge is 2.28. The highest BCUT2D eigenvalue weighted by molar-refractivity contribution is 5.45. The summed E-state index contributed by atoms with van der Waals surface area (Å²) in [6, 6.07) is 4.89. The van der Waals surface area contributed by atoms with Crippen LogP contribution in [0.5, 0.6) is 11.5 Å². The van der Waals surface area contributed by atoms with Crippen molar-refractivity contribution in [1.82, 2.24) is 4.90 Å². The summed E-state index contributed by atoms with van der Waals surface area (Å²) < 4.78 is 0. The van der Waals surface area contributed by atoms with E-state index in [9.17, 15) is 10.2 Å². The molecule has 1 fully saturated rings. The van der Waals surface area contributed by atoms with Crippen molar-refractivity contribution in [3.8, 4) is 11.5 Å². The number of rotatable bonds is 3. The first kappa shape index (κ1) is 12.2. The lowest BCUT2D eigenvalue weighted by atomic mass is 10.0. The minimum absolute atomic E-state index is 0.0211. The van der Waals surface area contributed by atoms with E-state index in [0.717, 1.165) is 19.5 Å². The fraction of sp³-hybridized carbons (Fsp3) is 0.538. The third-order valence-corrected chi connectivity index (χ3v) is 3.68. The molecule has 2 atom stereocenters. The second-order valence-corrected chi connectivity index (χ2v) is 4.77. The van der Waals surface area contributed by atoms with Crippen molar-refractivity contribution in [3.63, 3.8) is 0 Å². The smallest absolute Gasteiger partial charge is 0.124 e. The molecular formula is C13H20N2O2. The third-order valence-electron chi connectivity index (χ3n) is 3.68. The first-order chi connectivity index (χ1) is 8.13. The topological polar surface area (TPSA) is 69.7 Å². The predicted molar refractivity (Wildman–Crippen MR) is 66.9 cm³/mol. The Labute approximate surface area is 102 Å². The van der Waals surface area contributed by atoms with E-state index in [0.29, 0.717) is 18.0 Å². The normalized spacial score (nSPS) is 22.8. The van der Waals surface area contributed by atoms with Crippen LogP contribution in [0.15, 0.2) is 18.2 Å². The predicted octanol–water partition coefficient (Wildman–Crippen LogP) is 1.44. The molecular weight excluding hydrogens is 216 g/mol. The molecule has 1 heterocycles. The molecule has 1 saturated heterocycles. The number of benzene rings is 1. The lowest BCUT2D eigenvalue weighted by molar-refractivity contribution is 0.243. The monoisotopic (exact) mass is 236 g/mol. The minimum Gasteiger partial charge on any atom is -0.507 e. The van der Waals surface area contributed by atoms with Crippen molar-refractivity contribution >= 4 is 0 Å². The first-order valence-electron chi connectivity index (χ1n) is 6.08. The molecule has 0 bridgehead atoms. The van der Waals surface area contributed by atoms with Gasteiger partial charge in [0.2, 0.25) is 0 Å². The second-order valence-electron chi connectivity index (χ2n) is 4.77. The van der Waals surface area contributed by atoms with Crippen LogP contribution < -0.4 is 5.73 Å². The SMILES string of the molecule is CC(c1c(O)cccc1O)N1CCC(CN)C1. The molecule has 1 aromatic carbocycles. The van der Waals surface area contributed by atoms with Crippen molar-refractivity contribution < 1.29 is 10.2 Å². The van der Waals surface area contributed by atoms with E-state index in [1.54, 1.807) is 18.2 Å². The van der Waals surface area contributed by atoms with Crippen LogP contribution in [0.2, 0.25) is 0 Å². The molecule has 1 aromatic rings. The summed E-state index contributed by atoms with van der Waals surface area (Å²) in [5.41, 5.74) is 6.29. The van der Waals surface area contributed by atoms with Crippen molar-refractivity contribution in [2.45, 2.75) is 19.4 Å². The van der Waals surface area contributed by atoms with Gasteiger partial charge in [0, 0.05) is 12.6 Å². The van der Waals surface area contributed by atoms with Gasteiger partial charge in [-0.15, -0.1) is 0 Å². The zero-order valence-electron chi connectivity index (χ0n) is 10.1. The Balaban J connectivity index is 2.17. The molecule has 17 heavy (non-hydrogen) atoms. The lowest BCUT2D eigenvalue weighted by Gasteiger charge is -2.25. The van der Waals surface area contributed by atoms with Gasteiger partial charge in [-0.3, -0.25) is 4.90 Å². The Hall–Kier alpha value is -1.26. The third kappa shape index (κ3) is 2.37. The number of hydrogen-bond acceptors (Lipinski definition) is 4. The minimum atomic E-state index is 0.0211. The van der Waals surface area contributed by atoms with E-state index in [-0.39, 0.29) is 17.5 Å². The van der Waals surface area contributed by atoms with Crippen LogP contribution in [0.3, 0.4) is 0 Å². The van der Waals surface area contributed by atoms with E-state index in [2.05, 4.69) is 4.90 Å². The summed E-state index contributed by atoms with van der Waals surface area (Å²) in [6.45, 7) is 4.62. The van der Waals surface area contributed by atoms with Gasteiger partial charge >= 0.3 is 0 Å². The molecule has 0 spiro atoms. The van der Waals surface area contributed by atoms with Crippen LogP contribution in [-0.2, 0) is 0 Å². The number of aromatic hydroxyl groups is 2. The van der Waals surface area contributed by atoms with Crippen molar-refractivity contribution in [3.05, 3.63) is 23.8 Å². The first-order valence-corrected chi connectivity index (χ1v) is 6.08. The Bertz CT molecular complexity index is 375. The van der Waals surface area contributed by atoms with Crippen LogP contribution in [0.25, 0.3) is 0 Å². The molecule has 2 unspecified atom stereocenters. The van der Waals surface area contributed by atoms with Crippen LogP contribution in [0.4, 0.5) is 0 Å². The fourth-order valence-electron chi connectivity index (χ4n) is 2.56. The van der Waals surface area contributed by atoms with Gasteiger partial charge in [0.25, 0.3) is 0 Å². The maximum atomic E-state index is 9.83. The van der Waals surface area contributed by atoms with E-state index in [1.165, 1.54) is 0 Å². The Kier molecular flexibility index (Phi) is 3.54. The number of nitrogens with two attached hydrogens (primary N) is 1. The van der Waals surface area contributed by atoms with Gasteiger partial charge in [-0.25, -0.2) is 0 Å². The van der Waals surface area contributed by atoms with Crippen molar-refractivity contribution in [1.29, 1.82) is 0 Å². The summed E-state index contributed by atoms with van der Waals surface area (Å²) in [5, 5.41) is 19.7. The van der Waals surface area contributed by atoms with Crippen molar-refractivity contribution in [2.24, 2.45) is 11.7 Å². The van der Waals surface area contributed by atoms with Gasteiger partial charge in [0.15, 0.2) is 0 Å². The molecule has 4 heteroatoms. The van der Waals surface area contributed by atoms with Gasteiger partial charge in [0.1, 0.15) is 11.5 Å². The van der Waals surface area contributed by atoms with Crippen LogP contribution >= 0.6 is 0 Å². The fourth-order valence-corrected chi connectivity index (χ4v) is 2.56. The number of nitrogens with zero attached hydrogens (tertiary/aromatic N) is 1. The van der Waals surface area contributed by atoms with Gasteiger partial charge < -0.3 is 15.9 Å². The zero-order chi connectivity index (χ0) is 12.4. The van der Waals surface area contributed by atoms with Gasteiger partial charge in [-0.05, 0) is 44.5 Å². The standard InChI is InChI=1S/C13H20N2O2/c1-9(15-6-5-10(7-14)8-15)13-11(16)3-2-4-12(13)17/h2-4,9-10,16-17H,5-8,14H2,1H3. The number of hydrogen-bond donors (Lipinski definition) is 3. The number of likely N-dealkylation sites (tertiary alicyclic amines) is 1. The van der Waals surface area contributed by atoms with Crippen LogP contribution in [0.1, 0.15) is 24.9 Å². The molecule has 0 aliphatic carbocycles. The Morgan fingerprint density at radius 1 is 1.41 bits per heavy atom. The van der Waals surface area contributed by atoms with E-state index < -0.39 is 0 Å². The molecule has 0 radical (unpaired) electrons. The van der Waals surface area contributed by atoms with Gasteiger partial charge in [0.05, 0.1) is 5.56 Å². The molecule has 0 amide bonds. The molecule has 4 N–H and O–H groups in total. The van der Waals surface area contributed by atoms with E-state index in [4.69, 9.17) is 5.73 Å². The number of phenols is 2. The summed E-state index contributed by atoms with van der Waals surface area (Å²) in [7, 11) is 0. The summed E-state index contributed by atoms with van der Waals surface area (Å²) >= 11 is 0. The summed E-state index contributed by atoms with van der Waals surface area (Å²) in [5.74, 6) is 0.854. The highest BCUT2D eigenvalue weighted by atomic mass is 16.3. The van der Waals surface area contributed by atoms with Gasteiger partial charge in [-0.1, -0.05) is 6.07 Å². The molecule has 2 rings (SSSR count). The van der Waals surface area contributed by atoms with E-state index in [1.807, 2.05) is 6.92 Å². The molecule has 0 saturated carbocycles. The molecule has 1 aliphatic heterocycles. The average molecular weight is 236 g/mol. The lowest BCUT2D eigenvalue weighted by Crippen LogP contribution is -2.26. The maximum absolute atomic E-state index is 9.83. The Morgan fingerprint density at radius 2 is 2.06 bits per heavy atom. The maximum Gasteiger partial charge on any atom is 0.124 e. The van der Waals surface area contributed by atoms with Crippen LogP contribution in [0, 0.1) is 5.92 Å². The Morgan fingerprint density at radius 3 is 2.59 bits per heavy atom. The molecule has 94 valence electrons. The average Bonchev–Trinajstić information content (AvgIpc) is 2.77. The highest BCUT2D eigenvalue weighted by Crippen LogP contribution is 2.37. The second kappa shape index (κ2) is 4.94. The number of phenolic OH excluding ortho intramolecular Hbond substituents is 2. The quantitative estimate of drug-likeness (QED) is 0.742. The molecule has 1 aliphatic rings. The molecule has 4 nitrogen and oxygen atoms in total. The van der Waals surface area contributed by atoms with Crippen LogP contribution in [-0.4, -0.2) is 34.7 Å². The molecule has 0 aromatic heterocycles. The zero-order valence-corrected chi connectivity index (χ0v) is 10.1. The van der Waals surface area contributed by atoms with Crippen molar-refractivity contribution in [2.75, 3.05) is 19.6 Å². The largest absolute Gasteiger partial charge is 0.507 e. The summed E-state index contributed by atoms with van der Waals surface area (Å²) in [4.78, 5) is 2.26. The summed E-state index contributed by atoms with van der Waals surface area (Å²) in [6.07, 6.45) is 1.09. The van der Waals surface area contributed by atoms with E-state index >= 15 is 0 Å².